The molecule has 0 spiro atoms. The molecule has 5 heteroatoms. The summed E-state index contributed by atoms with van der Waals surface area (Å²) in [5.41, 5.74) is 7.29. The zero-order chi connectivity index (χ0) is 12.2. The van der Waals surface area contributed by atoms with Gasteiger partial charge in [-0.05, 0) is 33.3 Å². The lowest BCUT2D eigenvalue weighted by Gasteiger charge is -2.20. The molecule has 0 aliphatic carbocycles. The van der Waals surface area contributed by atoms with E-state index in [-0.39, 0.29) is 6.61 Å². The molecule has 16 heavy (non-hydrogen) atoms. The van der Waals surface area contributed by atoms with E-state index in [2.05, 4.69) is 9.97 Å². The number of thioether (sulfide) groups is 1. The van der Waals surface area contributed by atoms with Crippen molar-refractivity contribution in [1.29, 1.82) is 0 Å². The van der Waals surface area contributed by atoms with E-state index in [4.69, 9.17) is 10.8 Å². The van der Waals surface area contributed by atoms with E-state index in [0.717, 1.165) is 28.7 Å². The number of rotatable bonds is 5. The van der Waals surface area contributed by atoms with Crippen molar-refractivity contribution in [2.45, 2.75) is 37.9 Å². The van der Waals surface area contributed by atoms with Crippen LogP contribution in [0, 0.1) is 13.8 Å². The molecule has 1 heterocycles. The van der Waals surface area contributed by atoms with Crippen molar-refractivity contribution >= 4 is 11.8 Å². The summed E-state index contributed by atoms with van der Waals surface area (Å²) in [7, 11) is 0. The van der Waals surface area contributed by atoms with Crippen molar-refractivity contribution in [2.24, 2.45) is 5.73 Å². The quantitative estimate of drug-likeness (QED) is 0.600. The zero-order valence-corrected chi connectivity index (χ0v) is 10.8. The largest absolute Gasteiger partial charge is 0.394 e. The SMILES string of the molecule is Cc1cc(C)nc(SCCC(C)(N)CO)n1. The Kier molecular flexibility index (Phi) is 4.70. The molecule has 0 aromatic carbocycles. The second kappa shape index (κ2) is 5.61. The fourth-order valence-electron chi connectivity index (χ4n) is 1.21. The van der Waals surface area contributed by atoms with Gasteiger partial charge in [-0.3, -0.25) is 0 Å². The van der Waals surface area contributed by atoms with Crippen LogP contribution in [0.3, 0.4) is 0 Å². The highest BCUT2D eigenvalue weighted by molar-refractivity contribution is 7.99. The van der Waals surface area contributed by atoms with Crippen molar-refractivity contribution in [3.05, 3.63) is 17.5 Å². The minimum absolute atomic E-state index is 0.00125. The van der Waals surface area contributed by atoms with E-state index < -0.39 is 5.54 Å². The third kappa shape index (κ3) is 4.47. The van der Waals surface area contributed by atoms with Gasteiger partial charge in [0.05, 0.1) is 6.61 Å². The highest BCUT2D eigenvalue weighted by atomic mass is 32.2. The summed E-state index contributed by atoms with van der Waals surface area (Å²) in [4.78, 5) is 8.66. The lowest BCUT2D eigenvalue weighted by atomic mass is 10.0. The van der Waals surface area contributed by atoms with E-state index in [1.54, 1.807) is 11.8 Å². The molecular weight excluding hydrogens is 222 g/mol. The summed E-state index contributed by atoms with van der Waals surface area (Å²) in [6.07, 6.45) is 0.741. The predicted molar refractivity (Wildman–Crippen MR) is 66.5 cm³/mol. The smallest absolute Gasteiger partial charge is 0.187 e. The van der Waals surface area contributed by atoms with Gasteiger partial charge in [0.1, 0.15) is 0 Å². The minimum atomic E-state index is -0.508. The van der Waals surface area contributed by atoms with Gasteiger partial charge in [-0.25, -0.2) is 9.97 Å². The number of nitrogens with two attached hydrogens (primary N) is 1. The van der Waals surface area contributed by atoms with Crippen LogP contribution >= 0.6 is 11.8 Å². The molecular formula is C11H19N3OS. The maximum atomic E-state index is 9.01. The molecule has 3 N–H and O–H groups in total. The molecule has 1 aromatic heterocycles. The molecule has 0 saturated carbocycles. The number of hydrogen-bond donors (Lipinski definition) is 2. The maximum absolute atomic E-state index is 9.01. The number of aromatic nitrogens is 2. The molecule has 0 aliphatic heterocycles. The number of hydrogen-bond acceptors (Lipinski definition) is 5. The molecule has 4 nitrogen and oxygen atoms in total. The molecule has 0 bridgehead atoms. The number of nitrogens with zero attached hydrogens (tertiary/aromatic N) is 2. The molecule has 0 saturated heterocycles. The first-order chi connectivity index (χ1) is 7.43. The Morgan fingerprint density at radius 2 is 1.94 bits per heavy atom. The Morgan fingerprint density at radius 3 is 2.44 bits per heavy atom. The van der Waals surface area contributed by atoms with Crippen molar-refractivity contribution in [1.82, 2.24) is 9.97 Å². The van der Waals surface area contributed by atoms with Crippen LogP contribution in [0.2, 0.25) is 0 Å². The Hall–Kier alpha value is -0.650. The molecule has 0 amide bonds. The molecule has 0 aliphatic rings. The molecule has 90 valence electrons. The molecule has 1 rings (SSSR count). The first-order valence-corrected chi connectivity index (χ1v) is 6.26. The standard InChI is InChI=1S/C11H19N3OS/c1-8-6-9(2)14-10(13-8)16-5-4-11(3,12)7-15/h6,15H,4-5,7,12H2,1-3H3. The monoisotopic (exact) mass is 241 g/mol. The summed E-state index contributed by atoms with van der Waals surface area (Å²) in [6.45, 7) is 5.76. The normalized spacial score (nSPS) is 14.8. The van der Waals surface area contributed by atoms with Crippen LogP contribution in [0.25, 0.3) is 0 Å². The third-order valence-corrected chi connectivity index (χ3v) is 3.08. The van der Waals surface area contributed by atoms with Gasteiger partial charge in [0, 0.05) is 22.7 Å². The zero-order valence-electron chi connectivity index (χ0n) is 10.0. The van der Waals surface area contributed by atoms with Gasteiger partial charge in [-0.1, -0.05) is 11.8 Å². The fourth-order valence-corrected chi connectivity index (χ4v) is 2.38. The van der Waals surface area contributed by atoms with Crippen LogP contribution in [0.15, 0.2) is 11.2 Å². The lowest BCUT2D eigenvalue weighted by Crippen LogP contribution is -2.40. The van der Waals surface area contributed by atoms with Gasteiger partial charge in [-0.2, -0.15) is 0 Å². The van der Waals surface area contributed by atoms with Gasteiger partial charge >= 0.3 is 0 Å². The van der Waals surface area contributed by atoms with Crippen LogP contribution in [0.1, 0.15) is 24.7 Å². The second-order valence-electron chi connectivity index (χ2n) is 4.34. The summed E-state index contributed by atoms with van der Waals surface area (Å²) >= 11 is 1.58. The van der Waals surface area contributed by atoms with E-state index in [0.29, 0.717) is 0 Å². The number of aryl methyl sites for hydroxylation is 2. The second-order valence-corrected chi connectivity index (χ2v) is 5.41. The van der Waals surface area contributed by atoms with Crippen molar-refractivity contribution in [3.63, 3.8) is 0 Å². The first kappa shape index (κ1) is 13.4. The Bertz CT molecular complexity index is 335. The summed E-state index contributed by atoms with van der Waals surface area (Å²) in [5.74, 6) is 0.816. The molecule has 0 fully saturated rings. The van der Waals surface area contributed by atoms with Crippen molar-refractivity contribution in [2.75, 3.05) is 12.4 Å². The predicted octanol–water partition coefficient (Wildman–Crippen LogP) is 1.29. The van der Waals surface area contributed by atoms with Crippen molar-refractivity contribution < 1.29 is 5.11 Å². The minimum Gasteiger partial charge on any atom is -0.394 e. The van der Waals surface area contributed by atoms with Gasteiger partial charge in [-0.15, -0.1) is 0 Å². The van der Waals surface area contributed by atoms with Gasteiger partial charge in [0.25, 0.3) is 0 Å². The van der Waals surface area contributed by atoms with Crippen LogP contribution in [0.4, 0.5) is 0 Å². The average Bonchev–Trinajstić information content (AvgIpc) is 2.16. The first-order valence-electron chi connectivity index (χ1n) is 5.28. The highest BCUT2D eigenvalue weighted by Crippen LogP contribution is 2.18. The summed E-state index contributed by atoms with van der Waals surface area (Å²) < 4.78 is 0. The van der Waals surface area contributed by atoms with Crippen LogP contribution in [-0.2, 0) is 0 Å². The Balaban J connectivity index is 2.49. The molecule has 1 aromatic rings. The number of aliphatic hydroxyl groups is 1. The van der Waals surface area contributed by atoms with Gasteiger partial charge in [0.15, 0.2) is 5.16 Å². The van der Waals surface area contributed by atoms with E-state index in [1.807, 2.05) is 26.8 Å². The third-order valence-electron chi connectivity index (χ3n) is 2.23. The number of aliphatic hydroxyl groups excluding tert-OH is 1. The molecule has 1 atom stereocenters. The molecule has 0 radical (unpaired) electrons. The average molecular weight is 241 g/mol. The summed E-state index contributed by atoms with van der Waals surface area (Å²) in [6, 6.07) is 1.95. The maximum Gasteiger partial charge on any atom is 0.187 e. The van der Waals surface area contributed by atoms with Gasteiger partial charge in [0.2, 0.25) is 0 Å². The van der Waals surface area contributed by atoms with E-state index in [9.17, 15) is 0 Å². The van der Waals surface area contributed by atoms with Gasteiger partial charge < -0.3 is 10.8 Å². The van der Waals surface area contributed by atoms with E-state index >= 15 is 0 Å². The van der Waals surface area contributed by atoms with E-state index in [1.165, 1.54) is 0 Å². The molecule has 1 unspecified atom stereocenters. The Morgan fingerprint density at radius 1 is 1.38 bits per heavy atom. The highest BCUT2D eigenvalue weighted by Gasteiger charge is 2.16. The van der Waals surface area contributed by atoms with Crippen molar-refractivity contribution in [3.8, 4) is 0 Å². The van der Waals surface area contributed by atoms with Crippen LogP contribution in [0.5, 0.6) is 0 Å². The fraction of sp³-hybridized carbons (Fsp3) is 0.636. The summed E-state index contributed by atoms with van der Waals surface area (Å²) in [5, 5.41) is 9.80. The lowest BCUT2D eigenvalue weighted by molar-refractivity contribution is 0.206. The topological polar surface area (TPSA) is 72.0 Å². The van der Waals surface area contributed by atoms with Crippen LogP contribution in [-0.4, -0.2) is 33.0 Å². The Labute approximate surface area is 101 Å². The van der Waals surface area contributed by atoms with Crippen LogP contribution < -0.4 is 5.73 Å².